The third-order valence-electron chi connectivity index (χ3n) is 2.78. The second-order valence-corrected chi connectivity index (χ2v) is 4.52. The van der Waals surface area contributed by atoms with Crippen molar-refractivity contribution in [3.05, 3.63) is 29.3 Å². The zero-order chi connectivity index (χ0) is 13.1. The van der Waals surface area contributed by atoms with Crippen molar-refractivity contribution in [2.45, 2.75) is 20.3 Å². The molecule has 2 N–H and O–H groups in total. The largest absolute Gasteiger partial charge is 0.493 e. The lowest BCUT2D eigenvalue weighted by molar-refractivity contribution is -0.124. The van der Waals surface area contributed by atoms with Gasteiger partial charge in [0.2, 0.25) is 5.91 Å². The standard InChI is InChI=1S/C13H16N2O3/c1-8(2)12(16)14-15-13(17)10-3-4-11-9(7-10)5-6-18-11/h3-4,7-8H,5-6H2,1-2H3,(H,14,16)(H,15,17). The molecule has 5 nitrogen and oxygen atoms in total. The molecule has 2 amide bonds. The molecule has 1 aromatic carbocycles. The van der Waals surface area contributed by atoms with Crippen molar-refractivity contribution in [2.24, 2.45) is 5.92 Å². The van der Waals surface area contributed by atoms with Crippen LogP contribution in [0.3, 0.4) is 0 Å². The third-order valence-corrected chi connectivity index (χ3v) is 2.78. The molecule has 1 aliphatic rings. The van der Waals surface area contributed by atoms with Crippen molar-refractivity contribution in [2.75, 3.05) is 6.61 Å². The van der Waals surface area contributed by atoms with E-state index in [0.29, 0.717) is 12.2 Å². The highest BCUT2D eigenvalue weighted by molar-refractivity contribution is 5.95. The van der Waals surface area contributed by atoms with Crippen LogP contribution in [0.4, 0.5) is 0 Å². The molecular formula is C13H16N2O3. The van der Waals surface area contributed by atoms with E-state index in [2.05, 4.69) is 10.9 Å². The summed E-state index contributed by atoms with van der Waals surface area (Å²) in [5.41, 5.74) is 6.31. The molecular weight excluding hydrogens is 232 g/mol. The predicted octanol–water partition coefficient (Wildman–Crippen LogP) is 1.04. The molecule has 1 heterocycles. The Kier molecular flexibility index (Phi) is 3.50. The van der Waals surface area contributed by atoms with Gasteiger partial charge in [-0.3, -0.25) is 20.4 Å². The highest BCUT2D eigenvalue weighted by Gasteiger charge is 2.15. The Hall–Kier alpha value is -2.04. The molecule has 0 fully saturated rings. The van der Waals surface area contributed by atoms with Crippen LogP contribution in [0.15, 0.2) is 18.2 Å². The summed E-state index contributed by atoms with van der Waals surface area (Å²) in [6.07, 6.45) is 0.814. The quantitative estimate of drug-likeness (QED) is 0.768. The molecule has 1 aromatic rings. The first-order valence-electron chi connectivity index (χ1n) is 5.94. The van der Waals surface area contributed by atoms with Gasteiger partial charge >= 0.3 is 0 Å². The number of carbonyl (C=O) groups excluding carboxylic acids is 2. The molecule has 18 heavy (non-hydrogen) atoms. The van der Waals surface area contributed by atoms with E-state index in [1.807, 2.05) is 0 Å². The van der Waals surface area contributed by atoms with Gasteiger partial charge in [0.1, 0.15) is 5.75 Å². The minimum absolute atomic E-state index is 0.168. The fourth-order valence-electron chi connectivity index (χ4n) is 1.66. The summed E-state index contributed by atoms with van der Waals surface area (Å²) in [4.78, 5) is 23.1. The summed E-state index contributed by atoms with van der Waals surface area (Å²) in [5, 5.41) is 0. The van der Waals surface area contributed by atoms with Gasteiger partial charge in [0.05, 0.1) is 6.61 Å². The Morgan fingerprint density at radius 1 is 1.28 bits per heavy atom. The van der Waals surface area contributed by atoms with Gasteiger partial charge < -0.3 is 4.74 Å². The molecule has 0 aliphatic carbocycles. The second-order valence-electron chi connectivity index (χ2n) is 4.52. The minimum Gasteiger partial charge on any atom is -0.493 e. The highest BCUT2D eigenvalue weighted by Crippen LogP contribution is 2.25. The number of ether oxygens (including phenoxy) is 1. The maximum atomic E-state index is 11.8. The monoisotopic (exact) mass is 248 g/mol. The van der Waals surface area contributed by atoms with Crippen LogP contribution in [0.1, 0.15) is 29.8 Å². The lowest BCUT2D eigenvalue weighted by Crippen LogP contribution is -2.43. The Bertz CT molecular complexity index is 483. The number of amides is 2. The van der Waals surface area contributed by atoms with Crippen LogP contribution in [-0.4, -0.2) is 18.4 Å². The Balaban J connectivity index is 1.99. The SMILES string of the molecule is CC(C)C(=O)NNC(=O)c1ccc2c(c1)CCO2. The second kappa shape index (κ2) is 5.08. The van der Waals surface area contributed by atoms with Crippen LogP contribution >= 0.6 is 0 Å². The van der Waals surface area contributed by atoms with Crippen molar-refractivity contribution in [1.82, 2.24) is 10.9 Å². The number of fused-ring (bicyclic) bond motifs is 1. The molecule has 1 aliphatic heterocycles. The summed E-state index contributed by atoms with van der Waals surface area (Å²) in [6.45, 7) is 4.17. The highest BCUT2D eigenvalue weighted by atomic mass is 16.5. The lowest BCUT2D eigenvalue weighted by atomic mass is 10.1. The summed E-state index contributed by atoms with van der Waals surface area (Å²) >= 11 is 0. The summed E-state index contributed by atoms with van der Waals surface area (Å²) in [7, 11) is 0. The van der Waals surface area contributed by atoms with Gasteiger partial charge in [-0.1, -0.05) is 13.8 Å². The van der Waals surface area contributed by atoms with Gasteiger partial charge in [0, 0.05) is 17.9 Å². The number of benzene rings is 1. The van der Waals surface area contributed by atoms with Crippen molar-refractivity contribution in [1.29, 1.82) is 0 Å². The Morgan fingerprint density at radius 2 is 2.06 bits per heavy atom. The maximum absolute atomic E-state index is 11.8. The fourth-order valence-corrected chi connectivity index (χ4v) is 1.66. The zero-order valence-corrected chi connectivity index (χ0v) is 10.4. The van der Waals surface area contributed by atoms with Crippen LogP contribution in [0.5, 0.6) is 5.75 Å². The summed E-state index contributed by atoms with van der Waals surface area (Å²) in [5.74, 6) is 0.128. The maximum Gasteiger partial charge on any atom is 0.269 e. The van der Waals surface area contributed by atoms with Crippen molar-refractivity contribution < 1.29 is 14.3 Å². The van der Waals surface area contributed by atoms with Crippen LogP contribution < -0.4 is 15.6 Å². The molecule has 0 atom stereocenters. The zero-order valence-electron chi connectivity index (χ0n) is 10.4. The summed E-state index contributed by atoms with van der Waals surface area (Å²) < 4.78 is 5.36. The van der Waals surface area contributed by atoms with Crippen LogP contribution in [0.25, 0.3) is 0 Å². The van der Waals surface area contributed by atoms with Crippen LogP contribution in [0, 0.1) is 5.92 Å². The molecule has 0 saturated heterocycles. The number of carbonyl (C=O) groups is 2. The Morgan fingerprint density at radius 3 is 2.78 bits per heavy atom. The molecule has 0 spiro atoms. The van der Waals surface area contributed by atoms with Gasteiger partial charge in [-0.15, -0.1) is 0 Å². The Labute approximate surface area is 105 Å². The number of hydrazine groups is 1. The van der Waals surface area contributed by atoms with E-state index in [9.17, 15) is 9.59 Å². The van der Waals surface area contributed by atoms with Crippen molar-refractivity contribution in [3.8, 4) is 5.75 Å². The fraction of sp³-hybridized carbons (Fsp3) is 0.385. The molecule has 0 bridgehead atoms. The molecule has 0 unspecified atom stereocenters. The molecule has 5 heteroatoms. The number of hydrogen-bond donors (Lipinski definition) is 2. The van der Waals surface area contributed by atoms with E-state index >= 15 is 0 Å². The van der Waals surface area contributed by atoms with Gasteiger partial charge in [-0.05, 0) is 23.8 Å². The van der Waals surface area contributed by atoms with Crippen molar-refractivity contribution >= 4 is 11.8 Å². The van der Waals surface area contributed by atoms with E-state index in [0.717, 1.165) is 17.7 Å². The molecule has 0 aromatic heterocycles. The third kappa shape index (κ3) is 2.61. The molecule has 0 radical (unpaired) electrons. The molecule has 2 rings (SSSR count). The van der Waals surface area contributed by atoms with Gasteiger partial charge in [-0.25, -0.2) is 0 Å². The first kappa shape index (κ1) is 12.4. The topological polar surface area (TPSA) is 67.4 Å². The average molecular weight is 248 g/mol. The number of nitrogens with one attached hydrogen (secondary N) is 2. The first-order valence-corrected chi connectivity index (χ1v) is 5.94. The van der Waals surface area contributed by atoms with Gasteiger partial charge in [0.25, 0.3) is 5.91 Å². The normalized spacial score (nSPS) is 12.8. The van der Waals surface area contributed by atoms with E-state index < -0.39 is 0 Å². The van der Waals surface area contributed by atoms with E-state index in [1.165, 1.54) is 0 Å². The molecule has 96 valence electrons. The number of rotatable bonds is 2. The smallest absolute Gasteiger partial charge is 0.269 e. The number of hydrogen-bond acceptors (Lipinski definition) is 3. The first-order chi connectivity index (χ1) is 8.58. The predicted molar refractivity (Wildman–Crippen MR) is 66.1 cm³/mol. The van der Waals surface area contributed by atoms with Crippen LogP contribution in [0.2, 0.25) is 0 Å². The van der Waals surface area contributed by atoms with E-state index in [4.69, 9.17) is 4.74 Å². The van der Waals surface area contributed by atoms with E-state index in [1.54, 1.807) is 32.0 Å². The van der Waals surface area contributed by atoms with Gasteiger partial charge in [0.15, 0.2) is 0 Å². The van der Waals surface area contributed by atoms with Crippen LogP contribution in [-0.2, 0) is 11.2 Å². The average Bonchev–Trinajstić information content (AvgIpc) is 2.82. The lowest BCUT2D eigenvalue weighted by Gasteiger charge is -2.09. The van der Waals surface area contributed by atoms with Crippen molar-refractivity contribution in [3.63, 3.8) is 0 Å². The molecule has 0 saturated carbocycles. The summed E-state index contributed by atoms with van der Waals surface area (Å²) in [6, 6.07) is 5.25. The van der Waals surface area contributed by atoms with Gasteiger partial charge in [-0.2, -0.15) is 0 Å². The minimum atomic E-state index is -0.321. The van der Waals surface area contributed by atoms with E-state index in [-0.39, 0.29) is 17.7 Å².